The molecule has 15 heavy (non-hydrogen) atoms. The normalized spacial score (nSPS) is 10.0. The predicted octanol–water partition coefficient (Wildman–Crippen LogP) is 1.63. The number of unbranched alkanes of at least 4 members (excludes halogenated alkanes) is 2. The number of nitrogens with one attached hydrogen (secondary N) is 1. The number of nitrogens with zero attached hydrogens (tertiary/aromatic N) is 1. The van der Waals surface area contributed by atoms with Gasteiger partial charge in [-0.05, 0) is 25.5 Å². The van der Waals surface area contributed by atoms with Crippen molar-refractivity contribution in [1.29, 1.82) is 0 Å². The highest BCUT2D eigenvalue weighted by molar-refractivity contribution is 5.36. The molecule has 0 radical (unpaired) electrons. The Balaban J connectivity index is 2.24. The number of methoxy groups -OCH3 is 1. The van der Waals surface area contributed by atoms with Crippen LogP contribution in [0.3, 0.4) is 0 Å². The van der Waals surface area contributed by atoms with E-state index in [0.717, 1.165) is 38.2 Å². The summed E-state index contributed by atoms with van der Waals surface area (Å²) >= 11 is 0. The van der Waals surface area contributed by atoms with Crippen LogP contribution in [0.25, 0.3) is 0 Å². The predicted molar refractivity (Wildman–Crippen MR) is 62.2 cm³/mol. The summed E-state index contributed by atoms with van der Waals surface area (Å²) in [6.45, 7) is 1.71. The third-order valence-corrected chi connectivity index (χ3v) is 2.12. The summed E-state index contributed by atoms with van der Waals surface area (Å²) in [6.07, 6.45) is 3.37. The van der Waals surface area contributed by atoms with Crippen molar-refractivity contribution >= 4 is 5.82 Å². The standard InChI is InChI=1S/C11H19N3O/c1-15-11-7-5-6-10(14-11)13-9-4-2-3-8-12/h5-7H,2-4,8-9,12H2,1H3,(H,13,14). The third kappa shape index (κ3) is 4.65. The fourth-order valence-corrected chi connectivity index (χ4v) is 1.29. The molecule has 1 heterocycles. The number of pyridine rings is 1. The molecule has 3 N–H and O–H groups in total. The van der Waals surface area contributed by atoms with Gasteiger partial charge in [0, 0.05) is 12.6 Å². The van der Waals surface area contributed by atoms with E-state index < -0.39 is 0 Å². The van der Waals surface area contributed by atoms with E-state index in [4.69, 9.17) is 10.5 Å². The lowest BCUT2D eigenvalue weighted by molar-refractivity contribution is 0.398. The van der Waals surface area contributed by atoms with Crippen molar-refractivity contribution in [3.8, 4) is 5.88 Å². The van der Waals surface area contributed by atoms with Gasteiger partial charge in [-0.2, -0.15) is 4.98 Å². The molecule has 0 unspecified atom stereocenters. The Morgan fingerprint density at radius 3 is 2.93 bits per heavy atom. The first-order valence-electron chi connectivity index (χ1n) is 5.32. The van der Waals surface area contributed by atoms with Gasteiger partial charge in [-0.25, -0.2) is 0 Å². The van der Waals surface area contributed by atoms with Gasteiger partial charge in [0.05, 0.1) is 7.11 Å². The molecule has 0 saturated carbocycles. The monoisotopic (exact) mass is 209 g/mol. The first kappa shape index (κ1) is 11.8. The van der Waals surface area contributed by atoms with Gasteiger partial charge >= 0.3 is 0 Å². The maximum Gasteiger partial charge on any atom is 0.214 e. The number of nitrogens with two attached hydrogens (primary N) is 1. The van der Waals surface area contributed by atoms with Crippen LogP contribution in [0.4, 0.5) is 5.82 Å². The zero-order valence-electron chi connectivity index (χ0n) is 9.20. The van der Waals surface area contributed by atoms with E-state index in [0.29, 0.717) is 5.88 Å². The van der Waals surface area contributed by atoms with E-state index in [1.807, 2.05) is 18.2 Å². The average molecular weight is 209 g/mol. The fourth-order valence-electron chi connectivity index (χ4n) is 1.29. The van der Waals surface area contributed by atoms with E-state index in [9.17, 15) is 0 Å². The summed E-state index contributed by atoms with van der Waals surface area (Å²) in [7, 11) is 1.62. The number of hydrogen-bond acceptors (Lipinski definition) is 4. The highest BCUT2D eigenvalue weighted by Gasteiger charge is 1.95. The summed E-state index contributed by atoms with van der Waals surface area (Å²) in [5, 5.41) is 3.25. The third-order valence-electron chi connectivity index (χ3n) is 2.12. The summed E-state index contributed by atoms with van der Waals surface area (Å²) in [6, 6.07) is 5.69. The average Bonchev–Trinajstić information content (AvgIpc) is 2.29. The molecule has 0 saturated heterocycles. The van der Waals surface area contributed by atoms with Crippen LogP contribution >= 0.6 is 0 Å². The van der Waals surface area contributed by atoms with Crippen LogP contribution in [-0.2, 0) is 0 Å². The first-order valence-corrected chi connectivity index (χ1v) is 5.32. The lowest BCUT2D eigenvalue weighted by Gasteiger charge is -2.06. The Hall–Kier alpha value is -1.29. The Morgan fingerprint density at radius 1 is 1.33 bits per heavy atom. The van der Waals surface area contributed by atoms with Crippen LogP contribution in [-0.4, -0.2) is 25.2 Å². The molecule has 4 nitrogen and oxygen atoms in total. The van der Waals surface area contributed by atoms with Gasteiger partial charge in [-0.3, -0.25) is 0 Å². The van der Waals surface area contributed by atoms with E-state index >= 15 is 0 Å². The van der Waals surface area contributed by atoms with Crippen molar-refractivity contribution in [2.45, 2.75) is 19.3 Å². The van der Waals surface area contributed by atoms with Crippen molar-refractivity contribution in [2.24, 2.45) is 5.73 Å². The zero-order valence-corrected chi connectivity index (χ0v) is 9.20. The molecule has 1 rings (SSSR count). The minimum Gasteiger partial charge on any atom is -0.481 e. The molecular weight excluding hydrogens is 190 g/mol. The van der Waals surface area contributed by atoms with Crippen molar-refractivity contribution in [2.75, 3.05) is 25.5 Å². The molecule has 0 bridgehead atoms. The Bertz CT molecular complexity index is 278. The Morgan fingerprint density at radius 2 is 2.20 bits per heavy atom. The van der Waals surface area contributed by atoms with E-state index in [1.165, 1.54) is 0 Å². The van der Waals surface area contributed by atoms with Crippen LogP contribution in [0.1, 0.15) is 19.3 Å². The van der Waals surface area contributed by atoms with Crippen molar-refractivity contribution < 1.29 is 4.74 Å². The second-order valence-electron chi connectivity index (χ2n) is 3.34. The number of ether oxygens (including phenoxy) is 1. The minimum atomic E-state index is 0.641. The molecule has 0 aliphatic rings. The van der Waals surface area contributed by atoms with E-state index in [1.54, 1.807) is 7.11 Å². The van der Waals surface area contributed by atoms with Crippen molar-refractivity contribution in [1.82, 2.24) is 4.98 Å². The summed E-state index contributed by atoms with van der Waals surface area (Å²) < 4.78 is 5.03. The summed E-state index contributed by atoms with van der Waals surface area (Å²) in [5.74, 6) is 1.50. The lowest BCUT2D eigenvalue weighted by Crippen LogP contribution is -2.05. The second-order valence-corrected chi connectivity index (χ2v) is 3.34. The second kappa shape index (κ2) is 7.06. The first-order chi connectivity index (χ1) is 7.36. The van der Waals surface area contributed by atoms with Crippen LogP contribution in [0.2, 0.25) is 0 Å². The molecule has 0 aromatic carbocycles. The van der Waals surface area contributed by atoms with Gasteiger partial charge in [0.25, 0.3) is 0 Å². The van der Waals surface area contributed by atoms with Gasteiger partial charge in [-0.15, -0.1) is 0 Å². The van der Waals surface area contributed by atoms with Gasteiger partial charge in [-0.1, -0.05) is 12.5 Å². The van der Waals surface area contributed by atoms with E-state index in [-0.39, 0.29) is 0 Å². The zero-order chi connectivity index (χ0) is 10.9. The summed E-state index contributed by atoms with van der Waals surface area (Å²) in [5.41, 5.74) is 5.41. The molecule has 1 aromatic heterocycles. The molecule has 0 aliphatic carbocycles. The maximum absolute atomic E-state index is 5.41. The van der Waals surface area contributed by atoms with Crippen LogP contribution < -0.4 is 15.8 Å². The molecule has 0 aliphatic heterocycles. The number of anilines is 1. The fraction of sp³-hybridized carbons (Fsp3) is 0.545. The van der Waals surface area contributed by atoms with Crippen LogP contribution in [0.5, 0.6) is 5.88 Å². The molecule has 0 fully saturated rings. The minimum absolute atomic E-state index is 0.641. The molecule has 1 aromatic rings. The SMILES string of the molecule is COc1cccc(NCCCCCN)n1. The van der Waals surface area contributed by atoms with Gasteiger partial charge in [0.2, 0.25) is 5.88 Å². The van der Waals surface area contributed by atoms with Gasteiger partial charge < -0.3 is 15.8 Å². The highest BCUT2D eigenvalue weighted by atomic mass is 16.5. The van der Waals surface area contributed by atoms with Crippen LogP contribution in [0, 0.1) is 0 Å². The highest BCUT2D eigenvalue weighted by Crippen LogP contribution is 2.10. The molecule has 0 spiro atoms. The molecular formula is C11H19N3O. The number of rotatable bonds is 7. The van der Waals surface area contributed by atoms with Crippen LogP contribution in [0.15, 0.2) is 18.2 Å². The van der Waals surface area contributed by atoms with Crippen molar-refractivity contribution in [3.05, 3.63) is 18.2 Å². The molecule has 0 amide bonds. The van der Waals surface area contributed by atoms with Crippen molar-refractivity contribution in [3.63, 3.8) is 0 Å². The smallest absolute Gasteiger partial charge is 0.214 e. The Kier molecular flexibility index (Phi) is 5.55. The van der Waals surface area contributed by atoms with Gasteiger partial charge in [0.1, 0.15) is 5.82 Å². The maximum atomic E-state index is 5.41. The van der Waals surface area contributed by atoms with Gasteiger partial charge in [0.15, 0.2) is 0 Å². The number of aromatic nitrogens is 1. The van der Waals surface area contributed by atoms with E-state index in [2.05, 4.69) is 10.3 Å². The molecule has 0 atom stereocenters. The number of hydrogen-bond donors (Lipinski definition) is 2. The molecule has 4 heteroatoms. The largest absolute Gasteiger partial charge is 0.481 e. The lowest BCUT2D eigenvalue weighted by atomic mass is 10.2. The summed E-state index contributed by atoms with van der Waals surface area (Å²) in [4.78, 5) is 4.25. The Labute approximate surface area is 90.8 Å². The quantitative estimate of drug-likeness (QED) is 0.670. The topological polar surface area (TPSA) is 60.2 Å². The molecule has 84 valence electrons.